The normalized spacial score (nSPS) is 11.9. The lowest BCUT2D eigenvalue weighted by Crippen LogP contribution is -3.00. The van der Waals surface area contributed by atoms with Crippen LogP contribution >= 0.6 is 11.6 Å². The van der Waals surface area contributed by atoms with E-state index in [1.165, 1.54) is 5.56 Å². The van der Waals surface area contributed by atoms with Crippen molar-refractivity contribution in [1.29, 1.82) is 0 Å². The Labute approximate surface area is 97.3 Å². The summed E-state index contributed by atoms with van der Waals surface area (Å²) >= 11 is 6.01. The standard InChI is InChI=1S/C11H16ClN.ClH/c1-3-9(2)13-8-10-6-4-5-7-11(10)12;/h4-7,9,13H,3,8H2,1-2H3;1H/p-1. The molecular formula is C11H16Cl2N-. The molecule has 80 valence electrons. The van der Waals surface area contributed by atoms with Gasteiger partial charge in [0.25, 0.3) is 0 Å². The Bertz CT molecular complexity index is 263. The van der Waals surface area contributed by atoms with Crippen molar-refractivity contribution in [2.75, 3.05) is 0 Å². The van der Waals surface area contributed by atoms with Crippen LogP contribution in [0.4, 0.5) is 0 Å². The summed E-state index contributed by atoms with van der Waals surface area (Å²) in [4.78, 5) is 0. The monoisotopic (exact) mass is 232 g/mol. The van der Waals surface area contributed by atoms with Crippen LogP contribution in [0.2, 0.25) is 5.02 Å². The molecule has 1 aromatic rings. The van der Waals surface area contributed by atoms with E-state index in [1.807, 2.05) is 18.2 Å². The summed E-state index contributed by atoms with van der Waals surface area (Å²) in [5.74, 6) is 0. The molecule has 0 aliphatic rings. The van der Waals surface area contributed by atoms with Gasteiger partial charge in [-0.15, -0.1) is 0 Å². The predicted molar refractivity (Wildman–Crippen MR) is 58.0 cm³/mol. The van der Waals surface area contributed by atoms with Gasteiger partial charge in [0, 0.05) is 17.6 Å². The minimum absolute atomic E-state index is 0. The number of halogens is 2. The van der Waals surface area contributed by atoms with Gasteiger partial charge >= 0.3 is 0 Å². The Hall–Kier alpha value is -0.240. The second-order valence-electron chi connectivity index (χ2n) is 3.28. The molecule has 0 radical (unpaired) electrons. The van der Waals surface area contributed by atoms with Gasteiger partial charge in [0.05, 0.1) is 0 Å². The smallest absolute Gasteiger partial charge is 0.0450 e. The zero-order chi connectivity index (χ0) is 9.68. The summed E-state index contributed by atoms with van der Waals surface area (Å²) in [6.07, 6.45) is 1.14. The van der Waals surface area contributed by atoms with Gasteiger partial charge in [-0.3, -0.25) is 0 Å². The van der Waals surface area contributed by atoms with Gasteiger partial charge in [0.1, 0.15) is 0 Å². The van der Waals surface area contributed by atoms with Crippen molar-refractivity contribution in [1.82, 2.24) is 5.32 Å². The maximum atomic E-state index is 6.01. The molecule has 0 saturated carbocycles. The van der Waals surface area contributed by atoms with Crippen molar-refractivity contribution in [2.45, 2.75) is 32.9 Å². The van der Waals surface area contributed by atoms with Gasteiger partial charge in [-0.2, -0.15) is 0 Å². The average molecular weight is 233 g/mol. The third kappa shape index (κ3) is 4.32. The first-order valence-electron chi connectivity index (χ1n) is 4.70. The molecule has 1 aromatic carbocycles. The molecule has 0 heterocycles. The van der Waals surface area contributed by atoms with E-state index < -0.39 is 0 Å². The van der Waals surface area contributed by atoms with E-state index >= 15 is 0 Å². The Kier molecular flexibility index (Phi) is 6.98. The van der Waals surface area contributed by atoms with E-state index in [0.717, 1.165) is 18.0 Å². The molecule has 0 aliphatic carbocycles. The van der Waals surface area contributed by atoms with Crippen molar-refractivity contribution in [2.24, 2.45) is 0 Å². The lowest BCUT2D eigenvalue weighted by Gasteiger charge is -2.11. The quantitative estimate of drug-likeness (QED) is 0.785. The number of hydrogen-bond acceptors (Lipinski definition) is 1. The first-order valence-corrected chi connectivity index (χ1v) is 5.08. The molecule has 0 saturated heterocycles. The lowest BCUT2D eigenvalue weighted by molar-refractivity contribution is -0.00000280. The number of hydrogen-bond donors (Lipinski definition) is 1. The molecular weight excluding hydrogens is 217 g/mol. The van der Waals surface area contributed by atoms with Gasteiger partial charge in [-0.05, 0) is 25.0 Å². The Morgan fingerprint density at radius 1 is 1.36 bits per heavy atom. The Balaban J connectivity index is 0.00000169. The predicted octanol–water partition coefficient (Wildman–Crippen LogP) is 0.232. The largest absolute Gasteiger partial charge is 1.00 e. The highest BCUT2D eigenvalue weighted by molar-refractivity contribution is 6.31. The van der Waals surface area contributed by atoms with Crippen LogP contribution in [0, 0.1) is 0 Å². The molecule has 0 amide bonds. The highest BCUT2D eigenvalue weighted by Crippen LogP contribution is 2.14. The van der Waals surface area contributed by atoms with E-state index in [4.69, 9.17) is 11.6 Å². The highest BCUT2D eigenvalue weighted by Gasteiger charge is 2.00. The van der Waals surface area contributed by atoms with E-state index in [0.29, 0.717) is 6.04 Å². The van der Waals surface area contributed by atoms with Crippen LogP contribution in [-0.4, -0.2) is 6.04 Å². The van der Waals surface area contributed by atoms with Crippen LogP contribution in [0.1, 0.15) is 25.8 Å². The topological polar surface area (TPSA) is 12.0 Å². The zero-order valence-corrected chi connectivity index (χ0v) is 10.1. The van der Waals surface area contributed by atoms with Gasteiger partial charge in [0.2, 0.25) is 0 Å². The summed E-state index contributed by atoms with van der Waals surface area (Å²) in [5, 5.41) is 4.25. The van der Waals surface area contributed by atoms with Crippen LogP contribution in [0.15, 0.2) is 24.3 Å². The Morgan fingerprint density at radius 2 is 2.00 bits per heavy atom. The van der Waals surface area contributed by atoms with Crippen molar-refractivity contribution >= 4 is 11.6 Å². The maximum Gasteiger partial charge on any atom is 0.0450 e. The third-order valence-corrected chi connectivity index (χ3v) is 2.58. The molecule has 1 N–H and O–H groups in total. The molecule has 1 rings (SSSR count). The molecule has 14 heavy (non-hydrogen) atoms. The Morgan fingerprint density at radius 3 is 2.57 bits per heavy atom. The van der Waals surface area contributed by atoms with Crippen LogP contribution in [0.5, 0.6) is 0 Å². The van der Waals surface area contributed by atoms with E-state index in [2.05, 4.69) is 25.2 Å². The van der Waals surface area contributed by atoms with Gasteiger partial charge in [0.15, 0.2) is 0 Å². The van der Waals surface area contributed by atoms with Gasteiger partial charge in [-0.25, -0.2) is 0 Å². The highest BCUT2D eigenvalue weighted by atomic mass is 35.5. The molecule has 0 aliphatic heterocycles. The number of rotatable bonds is 4. The first kappa shape index (κ1) is 13.8. The van der Waals surface area contributed by atoms with E-state index in [9.17, 15) is 0 Å². The SMILES string of the molecule is CCC(C)NCc1ccccc1Cl.[Cl-]. The average Bonchev–Trinajstić information content (AvgIpc) is 2.16. The van der Waals surface area contributed by atoms with Crippen LogP contribution in [0.3, 0.4) is 0 Å². The van der Waals surface area contributed by atoms with Gasteiger partial charge < -0.3 is 17.7 Å². The maximum absolute atomic E-state index is 6.01. The summed E-state index contributed by atoms with van der Waals surface area (Å²) in [5.41, 5.74) is 1.17. The summed E-state index contributed by atoms with van der Waals surface area (Å²) < 4.78 is 0. The van der Waals surface area contributed by atoms with E-state index in [-0.39, 0.29) is 12.4 Å². The second-order valence-corrected chi connectivity index (χ2v) is 3.69. The third-order valence-electron chi connectivity index (χ3n) is 2.21. The number of nitrogens with one attached hydrogen (secondary N) is 1. The van der Waals surface area contributed by atoms with Crippen LogP contribution in [0.25, 0.3) is 0 Å². The fourth-order valence-electron chi connectivity index (χ4n) is 1.07. The minimum atomic E-state index is 0. The fraction of sp³-hybridized carbons (Fsp3) is 0.455. The molecule has 1 atom stereocenters. The van der Waals surface area contributed by atoms with Crippen LogP contribution < -0.4 is 17.7 Å². The molecule has 1 nitrogen and oxygen atoms in total. The lowest BCUT2D eigenvalue weighted by atomic mass is 10.2. The minimum Gasteiger partial charge on any atom is -1.00 e. The molecule has 0 spiro atoms. The fourth-order valence-corrected chi connectivity index (χ4v) is 1.27. The summed E-state index contributed by atoms with van der Waals surface area (Å²) in [7, 11) is 0. The molecule has 1 unspecified atom stereocenters. The molecule has 0 aromatic heterocycles. The number of benzene rings is 1. The summed E-state index contributed by atoms with van der Waals surface area (Å²) in [6, 6.07) is 8.50. The summed E-state index contributed by atoms with van der Waals surface area (Å²) in [6.45, 7) is 5.20. The zero-order valence-electron chi connectivity index (χ0n) is 8.56. The molecule has 3 heteroatoms. The molecule has 0 bridgehead atoms. The van der Waals surface area contributed by atoms with Crippen molar-refractivity contribution in [3.8, 4) is 0 Å². The second kappa shape index (κ2) is 7.10. The van der Waals surface area contributed by atoms with Crippen molar-refractivity contribution < 1.29 is 12.4 Å². The molecule has 0 fully saturated rings. The van der Waals surface area contributed by atoms with E-state index in [1.54, 1.807) is 0 Å². The van der Waals surface area contributed by atoms with Crippen molar-refractivity contribution in [3.63, 3.8) is 0 Å². The van der Waals surface area contributed by atoms with Crippen molar-refractivity contribution in [3.05, 3.63) is 34.9 Å². The van der Waals surface area contributed by atoms with Crippen LogP contribution in [-0.2, 0) is 6.54 Å². The van der Waals surface area contributed by atoms with Gasteiger partial charge in [-0.1, -0.05) is 36.7 Å². The first-order chi connectivity index (χ1) is 6.24.